The lowest BCUT2D eigenvalue weighted by Crippen LogP contribution is -2.29. The largest absolute Gasteiger partial charge is 0.493 e. The Labute approximate surface area is 141 Å². The van der Waals surface area contributed by atoms with Crippen molar-refractivity contribution < 1.29 is 23.8 Å². The van der Waals surface area contributed by atoms with Gasteiger partial charge in [-0.05, 0) is 24.1 Å². The molecule has 24 heavy (non-hydrogen) atoms. The van der Waals surface area contributed by atoms with Crippen LogP contribution in [0.2, 0.25) is 0 Å². The molecule has 0 saturated carbocycles. The number of rotatable bonds is 11. The average molecular weight is 339 g/mol. The lowest BCUT2D eigenvalue weighted by Gasteiger charge is -2.10. The van der Waals surface area contributed by atoms with Crippen molar-refractivity contribution in [3.8, 4) is 11.5 Å². The summed E-state index contributed by atoms with van der Waals surface area (Å²) >= 11 is 0. The third kappa shape index (κ3) is 7.19. The van der Waals surface area contributed by atoms with Gasteiger partial charge in [0.25, 0.3) is 5.91 Å². The van der Waals surface area contributed by atoms with Crippen LogP contribution in [0.15, 0.2) is 23.4 Å². The molecule has 0 fully saturated rings. The molecule has 0 aliphatic carbocycles. The molecule has 0 spiro atoms. The van der Waals surface area contributed by atoms with Gasteiger partial charge < -0.3 is 30.1 Å². The van der Waals surface area contributed by atoms with E-state index < -0.39 is 0 Å². The molecule has 0 unspecified atom stereocenters. The molecule has 134 valence electrons. The van der Waals surface area contributed by atoms with E-state index in [1.807, 2.05) is 18.2 Å². The van der Waals surface area contributed by atoms with Crippen molar-refractivity contribution in [2.75, 3.05) is 41.1 Å². The van der Waals surface area contributed by atoms with E-state index in [1.165, 1.54) is 0 Å². The fraction of sp³-hybridized carbons (Fsp3) is 0.500. The fourth-order valence-corrected chi connectivity index (χ4v) is 1.86. The van der Waals surface area contributed by atoms with E-state index in [1.54, 1.807) is 21.3 Å². The molecule has 8 heteroatoms. The van der Waals surface area contributed by atoms with E-state index in [-0.39, 0.29) is 18.3 Å². The summed E-state index contributed by atoms with van der Waals surface area (Å²) in [6.45, 7) is 0.746. The number of nitrogens with zero attached hydrogens (tertiary/aromatic N) is 1. The summed E-state index contributed by atoms with van der Waals surface area (Å²) in [5.41, 5.74) is 6.59. The van der Waals surface area contributed by atoms with Gasteiger partial charge in [-0.25, -0.2) is 0 Å². The van der Waals surface area contributed by atoms with Crippen LogP contribution in [0.3, 0.4) is 0 Å². The number of methoxy groups -OCH3 is 3. The van der Waals surface area contributed by atoms with Gasteiger partial charge in [-0.15, -0.1) is 0 Å². The van der Waals surface area contributed by atoms with Crippen molar-refractivity contribution in [2.24, 2.45) is 10.9 Å². The Bertz CT molecular complexity index is 549. The minimum atomic E-state index is -0.265. The lowest BCUT2D eigenvalue weighted by atomic mass is 10.1. The second-order valence-corrected chi connectivity index (χ2v) is 4.89. The summed E-state index contributed by atoms with van der Waals surface area (Å²) in [5, 5.41) is 6.38. The van der Waals surface area contributed by atoms with Crippen LogP contribution in [0.1, 0.15) is 12.0 Å². The molecule has 0 heterocycles. The first-order valence-electron chi connectivity index (χ1n) is 7.51. The summed E-state index contributed by atoms with van der Waals surface area (Å²) < 4.78 is 15.3. The zero-order chi connectivity index (χ0) is 17.8. The highest BCUT2D eigenvalue weighted by atomic mass is 16.6. The predicted octanol–water partition coefficient (Wildman–Crippen LogP) is 0.688. The highest BCUT2D eigenvalue weighted by Crippen LogP contribution is 2.27. The molecule has 1 aromatic rings. The normalized spacial score (nSPS) is 11.0. The number of amidine groups is 1. The minimum Gasteiger partial charge on any atom is -0.493 e. The number of ether oxygens (including phenoxy) is 3. The van der Waals surface area contributed by atoms with Crippen LogP contribution in [0.25, 0.3) is 0 Å². The lowest BCUT2D eigenvalue weighted by molar-refractivity contribution is -0.125. The Morgan fingerprint density at radius 1 is 1.21 bits per heavy atom. The van der Waals surface area contributed by atoms with E-state index >= 15 is 0 Å². The number of carbonyl (C=O) groups is 1. The van der Waals surface area contributed by atoms with Gasteiger partial charge in [-0.1, -0.05) is 11.2 Å². The van der Waals surface area contributed by atoms with Crippen LogP contribution in [0.4, 0.5) is 0 Å². The van der Waals surface area contributed by atoms with E-state index in [9.17, 15) is 4.79 Å². The highest BCUT2D eigenvalue weighted by Gasteiger charge is 2.06. The monoisotopic (exact) mass is 339 g/mol. The minimum absolute atomic E-state index is 0.181. The van der Waals surface area contributed by atoms with Gasteiger partial charge in [-0.2, -0.15) is 0 Å². The molecule has 1 aromatic carbocycles. The average Bonchev–Trinajstić information content (AvgIpc) is 2.59. The van der Waals surface area contributed by atoms with Gasteiger partial charge in [0.15, 0.2) is 18.1 Å². The first kappa shape index (κ1) is 19.6. The zero-order valence-electron chi connectivity index (χ0n) is 14.3. The van der Waals surface area contributed by atoms with E-state index in [4.69, 9.17) is 24.8 Å². The molecule has 0 aromatic heterocycles. The SMILES string of the molecule is COCC/C(N)=N/OCC(=O)NCCc1ccc(OC)c(OC)c1. The van der Waals surface area contributed by atoms with Gasteiger partial charge in [0, 0.05) is 20.1 Å². The second-order valence-electron chi connectivity index (χ2n) is 4.89. The number of benzene rings is 1. The Morgan fingerprint density at radius 2 is 1.96 bits per heavy atom. The van der Waals surface area contributed by atoms with Crippen molar-refractivity contribution in [2.45, 2.75) is 12.8 Å². The van der Waals surface area contributed by atoms with E-state index in [2.05, 4.69) is 10.5 Å². The maximum Gasteiger partial charge on any atom is 0.260 e. The standard InChI is InChI=1S/C16H25N3O5/c1-21-9-7-15(17)19-24-11-16(20)18-8-6-12-4-5-13(22-2)14(10-12)23-3/h4-5,10H,6-9,11H2,1-3H3,(H2,17,19)(H,18,20). The second kappa shape index (κ2) is 11.1. The van der Waals surface area contributed by atoms with Crippen molar-refractivity contribution in [3.63, 3.8) is 0 Å². The van der Waals surface area contributed by atoms with Crippen LogP contribution in [-0.2, 0) is 20.8 Å². The number of nitrogens with two attached hydrogens (primary N) is 1. The molecule has 0 saturated heterocycles. The molecule has 0 radical (unpaired) electrons. The molecular weight excluding hydrogens is 314 g/mol. The molecule has 3 N–H and O–H groups in total. The zero-order valence-corrected chi connectivity index (χ0v) is 14.3. The van der Waals surface area contributed by atoms with Gasteiger partial charge in [0.05, 0.1) is 20.8 Å². The van der Waals surface area contributed by atoms with Gasteiger partial charge in [0.1, 0.15) is 5.84 Å². The third-order valence-corrected chi connectivity index (χ3v) is 3.12. The van der Waals surface area contributed by atoms with Gasteiger partial charge in [-0.3, -0.25) is 4.79 Å². The molecule has 0 aliphatic heterocycles. The van der Waals surface area contributed by atoms with Crippen molar-refractivity contribution in [3.05, 3.63) is 23.8 Å². The summed E-state index contributed by atoms with van der Waals surface area (Å²) in [7, 11) is 4.74. The quantitative estimate of drug-likeness (QED) is 0.349. The Hall–Kier alpha value is -2.48. The molecule has 0 aliphatic rings. The summed E-state index contributed by atoms with van der Waals surface area (Å²) in [6, 6.07) is 5.63. The fourth-order valence-electron chi connectivity index (χ4n) is 1.86. The van der Waals surface area contributed by atoms with Crippen LogP contribution >= 0.6 is 0 Å². The smallest absolute Gasteiger partial charge is 0.260 e. The maximum absolute atomic E-state index is 11.6. The predicted molar refractivity (Wildman–Crippen MR) is 90.3 cm³/mol. The molecular formula is C16H25N3O5. The van der Waals surface area contributed by atoms with Crippen LogP contribution in [-0.4, -0.2) is 52.8 Å². The van der Waals surface area contributed by atoms with Crippen molar-refractivity contribution >= 4 is 11.7 Å². The van der Waals surface area contributed by atoms with Crippen molar-refractivity contribution in [1.29, 1.82) is 0 Å². The van der Waals surface area contributed by atoms with Crippen LogP contribution in [0, 0.1) is 0 Å². The number of amides is 1. The van der Waals surface area contributed by atoms with Gasteiger partial charge >= 0.3 is 0 Å². The molecule has 0 bridgehead atoms. The van der Waals surface area contributed by atoms with E-state index in [0.717, 1.165) is 5.56 Å². The van der Waals surface area contributed by atoms with Crippen LogP contribution < -0.4 is 20.5 Å². The topological polar surface area (TPSA) is 104 Å². The van der Waals surface area contributed by atoms with E-state index in [0.29, 0.717) is 37.5 Å². The molecule has 1 amide bonds. The van der Waals surface area contributed by atoms with Crippen molar-refractivity contribution in [1.82, 2.24) is 5.32 Å². The number of hydrogen-bond acceptors (Lipinski definition) is 6. The Kier molecular flexibility index (Phi) is 9.06. The van der Waals surface area contributed by atoms with Crippen LogP contribution in [0.5, 0.6) is 11.5 Å². The first-order valence-corrected chi connectivity index (χ1v) is 7.51. The summed E-state index contributed by atoms with van der Waals surface area (Å²) in [4.78, 5) is 16.5. The molecule has 0 atom stereocenters. The Balaban J connectivity index is 2.30. The summed E-state index contributed by atoms with van der Waals surface area (Å²) in [6.07, 6.45) is 1.11. The summed E-state index contributed by atoms with van der Waals surface area (Å²) in [5.74, 6) is 1.35. The number of nitrogens with one attached hydrogen (secondary N) is 1. The Morgan fingerprint density at radius 3 is 2.62 bits per heavy atom. The van der Waals surface area contributed by atoms with Gasteiger partial charge in [0.2, 0.25) is 0 Å². The molecule has 1 rings (SSSR count). The number of hydrogen-bond donors (Lipinski definition) is 2. The number of oxime groups is 1. The first-order chi connectivity index (χ1) is 11.6. The number of carbonyl (C=O) groups excluding carboxylic acids is 1. The third-order valence-electron chi connectivity index (χ3n) is 3.12. The maximum atomic E-state index is 11.6. The highest BCUT2D eigenvalue weighted by molar-refractivity contribution is 5.80. The molecule has 8 nitrogen and oxygen atoms in total.